The average Bonchev–Trinajstić information content (AvgIpc) is 2.75. The van der Waals surface area contributed by atoms with E-state index in [4.69, 9.17) is 15.2 Å². The number of hydrogen-bond acceptors (Lipinski definition) is 5. The number of rotatable bonds is 6. The standard InChI is InChI=1S/C20H24FN3O2S.C2H6/c1-3-25-10-8-14-12-17(24-20(22)27-2)16-11-13(6-7-18(16)26-14)15-5-4-9-23-19(15)21;1-2/h4-7,9,11,14,17H,3,8,10,12H2,1-2H3,(H2,22,24);1-2H3/t14-,17?;/m0./s1. The van der Waals surface area contributed by atoms with Gasteiger partial charge in [0, 0.05) is 36.8 Å². The van der Waals surface area contributed by atoms with Crippen molar-refractivity contribution in [2.45, 2.75) is 45.8 Å². The van der Waals surface area contributed by atoms with Crippen molar-refractivity contribution in [1.82, 2.24) is 4.98 Å². The Balaban J connectivity index is 0.00000145. The summed E-state index contributed by atoms with van der Waals surface area (Å²) in [5.74, 6) is 0.269. The number of fused-ring (bicyclic) bond motifs is 1. The highest BCUT2D eigenvalue weighted by Crippen LogP contribution is 2.40. The summed E-state index contributed by atoms with van der Waals surface area (Å²) in [5.41, 5.74) is 8.10. The van der Waals surface area contributed by atoms with E-state index in [2.05, 4.69) is 9.98 Å². The van der Waals surface area contributed by atoms with Crippen molar-refractivity contribution >= 4 is 16.9 Å². The summed E-state index contributed by atoms with van der Waals surface area (Å²) in [5, 5.41) is 0.523. The fourth-order valence-electron chi connectivity index (χ4n) is 3.15. The van der Waals surface area contributed by atoms with Gasteiger partial charge in [-0.3, -0.25) is 4.99 Å². The van der Waals surface area contributed by atoms with Gasteiger partial charge in [0.2, 0.25) is 5.95 Å². The molecule has 7 heteroatoms. The fourth-order valence-corrected chi connectivity index (χ4v) is 3.39. The van der Waals surface area contributed by atoms with Crippen LogP contribution in [0.4, 0.5) is 4.39 Å². The highest BCUT2D eigenvalue weighted by atomic mass is 32.2. The summed E-state index contributed by atoms with van der Waals surface area (Å²) >= 11 is 1.41. The predicted octanol–water partition coefficient (Wildman–Crippen LogP) is 5.21. The molecule has 1 aromatic heterocycles. The zero-order valence-electron chi connectivity index (χ0n) is 17.5. The van der Waals surface area contributed by atoms with Gasteiger partial charge in [-0.15, -0.1) is 0 Å². The van der Waals surface area contributed by atoms with E-state index in [9.17, 15) is 4.39 Å². The second-order valence-electron chi connectivity index (χ2n) is 6.24. The van der Waals surface area contributed by atoms with Crippen LogP contribution >= 0.6 is 11.8 Å². The normalized spacial score (nSPS) is 18.3. The van der Waals surface area contributed by atoms with Gasteiger partial charge in [0.05, 0.1) is 12.6 Å². The van der Waals surface area contributed by atoms with Crippen molar-refractivity contribution in [2.75, 3.05) is 19.5 Å². The molecule has 0 radical (unpaired) electrons. The van der Waals surface area contributed by atoms with Gasteiger partial charge in [0.1, 0.15) is 11.9 Å². The molecule has 1 aliphatic heterocycles. The SMILES string of the molecule is CC.CCOCC[C@H]1CC(N=C(N)SC)c2cc(-c3cccnc3F)ccc2O1. The first kappa shape index (κ1) is 23.2. The van der Waals surface area contributed by atoms with E-state index in [0.717, 1.165) is 23.3 Å². The molecule has 2 aromatic rings. The van der Waals surface area contributed by atoms with Crippen LogP contribution < -0.4 is 10.5 Å². The van der Waals surface area contributed by atoms with Crippen LogP contribution in [0.15, 0.2) is 41.5 Å². The summed E-state index contributed by atoms with van der Waals surface area (Å²) in [6, 6.07) is 8.96. The van der Waals surface area contributed by atoms with Gasteiger partial charge < -0.3 is 15.2 Å². The molecule has 0 aliphatic carbocycles. The van der Waals surface area contributed by atoms with Crippen LogP contribution in [-0.4, -0.2) is 35.7 Å². The van der Waals surface area contributed by atoms with Gasteiger partial charge >= 0.3 is 0 Å². The number of amidine groups is 1. The van der Waals surface area contributed by atoms with Crippen molar-refractivity contribution < 1.29 is 13.9 Å². The Labute approximate surface area is 176 Å². The fraction of sp³-hybridized carbons (Fsp3) is 0.455. The van der Waals surface area contributed by atoms with Crippen LogP contribution in [0.1, 0.15) is 45.2 Å². The van der Waals surface area contributed by atoms with Gasteiger partial charge in [0.15, 0.2) is 5.17 Å². The number of benzene rings is 1. The number of nitrogens with zero attached hydrogens (tertiary/aromatic N) is 2. The summed E-state index contributed by atoms with van der Waals surface area (Å²) in [6.07, 6.45) is 4.84. The third-order valence-electron chi connectivity index (χ3n) is 4.50. The second kappa shape index (κ2) is 11.8. The number of aliphatic imine (C=N–C) groups is 1. The van der Waals surface area contributed by atoms with Gasteiger partial charge in [-0.05, 0) is 43.0 Å². The third kappa shape index (κ3) is 6.18. The van der Waals surface area contributed by atoms with Crippen LogP contribution in [0.25, 0.3) is 11.1 Å². The van der Waals surface area contributed by atoms with Crippen molar-refractivity contribution in [2.24, 2.45) is 10.7 Å². The Hall–Kier alpha value is -2.12. The Morgan fingerprint density at radius 3 is 2.86 bits per heavy atom. The largest absolute Gasteiger partial charge is 0.490 e. The highest BCUT2D eigenvalue weighted by molar-refractivity contribution is 8.13. The second-order valence-corrected chi connectivity index (χ2v) is 7.07. The molecule has 29 heavy (non-hydrogen) atoms. The van der Waals surface area contributed by atoms with Crippen molar-refractivity contribution in [3.05, 3.63) is 48.0 Å². The number of thioether (sulfide) groups is 1. The molecule has 0 fully saturated rings. The van der Waals surface area contributed by atoms with E-state index in [1.165, 1.54) is 18.0 Å². The molecule has 1 aromatic carbocycles. The lowest BCUT2D eigenvalue weighted by Gasteiger charge is -2.31. The summed E-state index contributed by atoms with van der Waals surface area (Å²) in [4.78, 5) is 8.40. The predicted molar refractivity (Wildman–Crippen MR) is 119 cm³/mol. The molecule has 1 unspecified atom stereocenters. The molecule has 0 saturated carbocycles. The molecular formula is C22H30FN3O2S. The Morgan fingerprint density at radius 2 is 2.17 bits per heavy atom. The van der Waals surface area contributed by atoms with Crippen LogP contribution in [-0.2, 0) is 4.74 Å². The number of halogens is 1. The molecular weight excluding hydrogens is 389 g/mol. The molecule has 3 rings (SSSR count). The minimum atomic E-state index is -0.493. The topological polar surface area (TPSA) is 69.7 Å². The van der Waals surface area contributed by atoms with Crippen molar-refractivity contribution in [1.29, 1.82) is 0 Å². The maximum Gasteiger partial charge on any atom is 0.220 e. The first-order valence-electron chi connectivity index (χ1n) is 9.98. The van der Waals surface area contributed by atoms with Crippen LogP contribution in [0.2, 0.25) is 0 Å². The quantitative estimate of drug-likeness (QED) is 0.301. The average molecular weight is 420 g/mol. The lowest BCUT2D eigenvalue weighted by molar-refractivity contribution is 0.0849. The molecule has 0 bridgehead atoms. The lowest BCUT2D eigenvalue weighted by Crippen LogP contribution is -2.27. The van der Waals surface area contributed by atoms with E-state index in [0.29, 0.717) is 30.4 Å². The zero-order valence-corrected chi connectivity index (χ0v) is 18.3. The van der Waals surface area contributed by atoms with E-state index < -0.39 is 5.95 Å². The smallest absolute Gasteiger partial charge is 0.220 e. The summed E-state index contributed by atoms with van der Waals surface area (Å²) in [7, 11) is 0. The third-order valence-corrected chi connectivity index (χ3v) is 5.02. The molecule has 0 spiro atoms. The molecule has 5 nitrogen and oxygen atoms in total. The van der Waals surface area contributed by atoms with E-state index in [1.807, 2.05) is 45.2 Å². The maximum atomic E-state index is 14.1. The van der Waals surface area contributed by atoms with Crippen molar-refractivity contribution in [3.63, 3.8) is 0 Å². The monoisotopic (exact) mass is 419 g/mol. The molecule has 158 valence electrons. The van der Waals surface area contributed by atoms with E-state index in [1.54, 1.807) is 12.1 Å². The Morgan fingerprint density at radius 1 is 1.38 bits per heavy atom. The maximum absolute atomic E-state index is 14.1. The lowest BCUT2D eigenvalue weighted by atomic mass is 9.93. The highest BCUT2D eigenvalue weighted by Gasteiger charge is 2.29. The molecule has 0 saturated heterocycles. The van der Waals surface area contributed by atoms with Gasteiger partial charge in [0.25, 0.3) is 0 Å². The first-order chi connectivity index (χ1) is 14.1. The minimum Gasteiger partial charge on any atom is -0.490 e. The number of pyridine rings is 1. The number of ether oxygens (including phenoxy) is 2. The summed E-state index contributed by atoms with van der Waals surface area (Å²) < 4.78 is 25.7. The Kier molecular flexibility index (Phi) is 9.41. The molecule has 2 N–H and O–H groups in total. The minimum absolute atomic E-state index is 0.00781. The van der Waals surface area contributed by atoms with Crippen molar-refractivity contribution in [3.8, 4) is 16.9 Å². The van der Waals surface area contributed by atoms with Crippen LogP contribution in [0.3, 0.4) is 0 Å². The summed E-state index contributed by atoms with van der Waals surface area (Å²) in [6.45, 7) is 7.30. The van der Waals surface area contributed by atoms with Gasteiger partial charge in [-0.25, -0.2) is 4.98 Å². The van der Waals surface area contributed by atoms with E-state index >= 15 is 0 Å². The molecule has 0 amide bonds. The van der Waals surface area contributed by atoms with Crippen LogP contribution in [0, 0.1) is 5.95 Å². The molecule has 2 heterocycles. The number of hydrogen-bond donors (Lipinski definition) is 1. The number of aromatic nitrogens is 1. The van der Waals surface area contributed by atoms with Crippen LogP contribution in [0.5, 0.6) is 5.75 Å². The van der Waals surface area contributed by atoms with E-state index in [-0.39, 0.29) is 12.1 Å². The van der Waals surface area contributed by atoms with Gasteiger partial charge in [-0.2, -0.15) is 4.39 Å². The number of nitrogens with two attached hydrogens (primary N) is 1. The van der Waals surface area contributed by atoms with Gasteiger partial charge in [-0.1, -0.05) is 31.7 Å². The first-order valence-corrected chi connectivity index (χ1v) is 11.2. The zero-order chi connectivity index (χ0) is 21.2. The molecule has 2 atom stereocenters. The Bertz CT molecular complexity index is 816. The molecule has 1 aliphatic rings.